The molecule has 2 aromatic rings. The van der Waals surface area contributed by atoms with Crippen LogP contribution in [0.15, 0.2) is 21.8 Å². The molecule has 1 aromatic heterocycles. The van der Waals surface area contributed by atoms with Crippen LogP contribution >= 0.6 is 34.7 Å². The Hall–Kier alpha value is -1.29. The molecule has 1 heterocycles. The van der Waals surface area contributed by atoms with Crippen LogP contribution in [0.2, 0.25) is 5.02 Å². The van der Waals surface area contributed by atoms with E-state index in [0.29, 0.717) is 16.6 Å². The molecule has 0 spiro atoms. The van der Waals surface area contributed by atoms with Crippen LogP contribution in [-0.4, -0.2) is 15.5 Å². The molecule has 0 amide bonds. The molecule has 0 bridgehead atoms. The molecule has 0 unspecified atom stereocenters. The summed E-state index contributed by atoms with van der Waals surface area (Å²) in [6, 6.07) is 2.72. The fourth-order valence-electron chi connectivity index (χ4n) is 1.85. The summed E-state index contributed by atoms with van der Waals surface area (Å²) in [4.78, 5) is 12.4. The second-order valence-electron chi connectivity index (χ2n) is 4.62. The Balaban J connectivity index is 2.05. The maximum atomic E-state index is 14.1. The summed E-state index contributed by atoms with van der Waals surface area (Å²) in [5, 5.41) is 5.29. The van der Waals surface area contributed by atoms with E-state index in [-0.39, 0.29) is 15.6 Å². The first-order chi connectivity index (χ1) is 10.1. The van der Waals surface area contributed by atoms with Crippen LogP contribution in [0, 0.1) is 18.2 Å². The third kappa shape index (κ3) is 3.00. The summed E-state index contributed by atoms with van der Waals surface area (Å²) < 4.78 is 15.2. The number of nitrogens with zero attached hydrogens (tertiary/aromatic N) is 2. The van der Waals surface area contributed by atoms with Crippen LogP contribution in [0.1, 0.15) is 23.8 Å². The number of benzene rings is 1. The predicted octanol–water partition coefficient (Wildman–Crippen LogP) is 3.69. The number of hydrogen-bond acceptors (Lipinski definition) is 4. The Labute approximate surface area is 134 Å². The molecule has 108 valence electrons. The molecule has 3 rings (SSSR count). The van der Waals surface area contributed by atoms with Crippen molar-refractivity contribution in [1.82, 2.24) is 9.78 Å². The van der Waals surface area contributed by atoms with Gasteiger partial charge in [0.15, 0.2) is 5.82 Å². The number of hydrogen-bond donors (Lipinski definition) is 0. The minimum atomic E-state index is -0.570. The molecule has 1 fully saturated rings. The second-order valence-corrected chi connectivity index (χ2v) is 7.02. The van der Waals surface area contributed by atoms with Crippen molar-refractivity contribution in [2.24, 2.45) is 0 Å². The monoisotopic (exact) mass is 340 g/mol. The standard InChI is InChI=1S/C14H10ClFN2OS2/c1-2-5-20-12-7-11(10(16)6-9(12)15)18-14(19)21-13(17-18)8-3-4-8/h1,6-8H,3-5H2. The molecular weight excluding hydrogens is 331 g/mol. The number of rotatable bonds is 4. The van der Waals surface area contributed by atoms with E-state index in [1.54, 1.807) is 0 Å². The van der Waals surface area contributed by atoms with Gasteiger partial charge in [-0.15, -0.1) is 18.2 Å². The molecule has 1 aromatic carbocycles. The van der Waals surface area contributed by atoms with Gasteiger partial charge in [0, 0.05) is 10.8 Å². The molecule has 0 atom stereocenters. The highest BCUT2D eigenvalue weighted by molar-refractivity contribution is 7.99. The van der Waals surface area contributed by atoms with E-state index < -0.39 is 5.82 Å². The van der Waals surface area contributed by atoms with Crippen molar-refractivity contribution in [2.75, 3.05) is 5.75 Å². The van der Waals surface area contributed by atoms with Gasteiger partial charge in [-0.1, -0.05) is 28.9 Å². The lowest BCUT2D eigenvalue weighted by molar-refractivity contribution is 0.605. The molecular formula is C14H10ClFN2OS2. The summed E-state index contributed by atoms with van der Waals surface area (Å²) in [6.07, 6.45) is 7.30. The van der Waals surface area contributed by atoms with Crippen molar-refractivity contribution in [3.63, 3.8) is 0 Å². The average Bonchev–Trinajstić information content (AvgIpc) is 3.22. The van der Waals surface area contributed by atoms with Crippen molar-refractivity contribution >= 4 is 34.7 Å². The van der Waals surface area contributed by atoms with E-state index in [2.05, 4.69) is 11.0 Å². The largest absolute Gasteiger partial charge is 0.329 e. The van der Waals surface area contributed by atoms with Gasteiger partial charge in [0.05, 0.1) is 10.8 Å². The predicted molar refractivity (Wildman–Crippen MR) is 84.2 cm³/mol. The minimum Gasteiger partial charge on any atom is -0.255 e. The lowest BCUT2D eigenvalue weighted by atomic mass is 10.3. The first-order valence-corrected chi connectivity index (χ1v) is 8.44. The van der Waals surface area contributed by atoms with Crippen LogP contribution in [-0.2, 0) is 0 Å². The van der Waals surface area contributed by atoms with E-state index in [0.717, 1.165) is 33.9 Å². The lowest BCUT2D eigenvalue weighted by Crippen LogP contribution is -2.14. The maximum Gasteiger partial charge on any atom is 0.329 e. The van der Waals surface area contributed by atoms with Gasteiger partial charge in [-0.05, 0) is 25.0 Å². The molecule has 0 radical (unpaired) electrons. The van der Waals surface area contributed by atoms with E-state index in [1.807, 2.05) is 0 Å². The highest BCUT2D eigenvalue weighted by Crippen LogP contribution is 2.40. The molecule has 1 saturated carbocycles. The summed E-state index contributed by atoms with van der Waals surface area (Å²) in [6.45, 7) is 0. The van der Waals surface area contributed by atoms with Crippen molar-refractivity contribution in [2.45, 2.75) is 23.7 Å². The van der Waals surface area contributed by atoms with Gasteiger partial charge >= 0.3 is 4.87 Å². The van der Waals surface area contributed by atoms with Gasteiger partial charge in [-0.2, -0.15) is 9.78 Å². The average molecular weight is 341 g/mol. The van der Waals surface area contributed by atoms with Gasteiger partial charge in [0.2, 0.25) is 0 Å². The normalized spacial score (nSPS) is 14.1. The van der Waals surface area contributed by atoms with Gasteiger partial charge in [0.1, 0.15) is 10.7 Å². The minimum absolute atomic E-state index is 0.118. The Morgan fingerprint density at radius 2 is 2.33 bits per heavy atom. The van der Waals surface area contributed by atoms with Crippen LogP contribution in [0.4, 0.5) is 4.39 Å². The number of aromatic nitrogens is 2. The molecule has 3 nitrogen and oxygen atoms in total. The molecule has 7 heteroatoms. The van der Waals surface area contributed by atoms with Crippen molar-refractivity contribution < 1.29 is 4.39 Å². The zero-order valence-electron chi connectivity index (χ0n) is 10.8. The summed E-state index contributed by atoms with van der Waals surface area (Å²) in [7, 11) is 0. The number of thioether (sulfide) groups is 1. The first-order valence-electron chi connectivity index (χ1n) is 6.26. The SMILES string of the molecule is C#CCSc1cc(-n2nc(C3CC3)sc2=O)c(F)cc1Cl. The molecule has 21 heavy (non-hydrogen) atoms. The van der Waals surface area contributed by atoms with E-state index >= 15 is 0 Å². The maximum absolute atomic E-state index is 14.1. The summed E-state index contributed by atoms with van der Waals surface area (Å²) >= 11 is 8.39. The van der Waals surface area contributed by atoms with Crippen molar-refractivity contribution in [3.05, 3.63) is 37.6 Å². The van der Waals surface area contributed by atoms with Crippen LogP contribution in [0.5, 0.6) is 0 Å². The summed E-state index contributed by atoms with van der Waals surface area (Å²) in [5.74, 6) is 2.69. The second kappa shape index (κ2) is 5.84. The van der Waals surface area contributed by atoms with Gasteiger partial charge < -0.3 is 0 Å². The Morgan fingerprint density at radius 1 is 1.57 bits per heavy atom. The molecule has 1 aliphatic carbocycles. The zero-order valence-corrected chi connectivity index (χ0v) is 13.2. The van der Waals surface area contributed by atoms with Crippen LogP contribution in [0.25, 0.3) is 5.69 Å². The zero-order chi connectivity index (χ0) is 15.0. The smallest absolute Gasteiger partial charge is 0.255 e. The van der Waals surface area contributed by atoms with Crippen LogP contribution < -0.4 is 4.87 Å². The third-order valence-corrected chi connectivity index (χ3v) is 5.39. The quantitative estimate of drug-likeness (QED) is 0.629. The van der Waals surface area contributed by atoms with Gasteiger partial charge in [0.25, 0.3) is 0 Å². The highest BCUT2D eigenvalue weighted by atomic mass is 35.5. The molecule has 1 aliphatic rings. The Morgan fingerprint density at radius 3 is 3.00 bits per heavy atom. The Kier molecular flexibility index (Phi) is 4.07. The van der Waals surface area contributed by atoms with E-state index in [9.17, 15) is 9.18 Å². The molecule has 0 aliphatic heterocycles. The topological polar surface area (TPSA) is 34.9 Å². The first kappa shape index (κ1) is 14.6. The van der Waals surface area contributed by atoms with Crippen molar-refractivity contribution in [3.8, 4) is 18.0 Å². The van der Waals surface area contributed by atoms with Gasteiger partial charge in [-0.3, -0.25) is 4.79 Å². The third-order valence-electron chi connectivity index (χ3n) is 3.03. The lowest BCUT2D eigenvalue weighted by Gasteiger charge is -2.07. The van der Waals surface area contributed by atoms with Crippen LogP contribution in [0.3, 0.4) is 0 Å². The van der Waals surface area contributed by atoms with E-state index in [4.69, 9.17) is 18.0 Å². The fourth-order valence-corrected chi connectivity index (χ4v) is 3.72. The number of halogens is 2. The highest BCUT2D eigenvalue weighted by Gasteiger charge is 2.28. The Bertz CT molecular complexity index is 789. The number of terminal acetylenes is 1. The molecule has 0 N–H and O–H groups in total. The van der Waals surface area contributed by atoms with E-state index in [1.165, 1.54) is 23.9 Å². The van der Waals surface area contributed by atoms with Crippen molar-refractivity contribution in [1.29, 1.82) is 0 Å². The summed E-state index contributed by atoms with van der Waals surface area (Å²) in [5.41, 5.74) is 0.118. The fraction of sp³-hybridized carbons (Fsp3) is 0.286. The molecule has 0 saturated heterocycles. The van der Waals surface area contributed by atoms with Gasteiger partial charge in [-0.25, -0.2) is 4.39 Å².